The first-order chi connectivity index (χ1) is 28.9. The van der Waals surface area contributed by atoms with Gasteiger partial charge in [-0.2, -0.15) is 0 Å². The highest BCUT2D eigenvalue weighted by molar-refractivity contribution is 4.61. The third-order valence-electron chi connectivity index (χ3n) is 10.9. The van der Waals surface area contributed by atoms with Crippen LogP contribution in [0.4, 0.5) is 0 Å². The molecule has 12 heteroatoms. The summed E-state index contributed by atoms with van der Waals surface area (Å²) in [5.74, 6) is 0. The fourth-order valence-electron chi connectivity index (χ4n) is 7.26. The average Bonchev–Trinajstić information content (AvgIpc) is 3.23. The van der Waals surface area contributed by atoms with Gasteiger partial charge in [0.15, 0.2) is 0 Å². The number of hydrogen-bond donors (Lipinski definition) is 0. The van der Waals surface area contributed by atoms with Crippen LogP contribution in [0.25, 0.3) is 0 Å². The molecule has 2 fully saturated rings. The molecule has 2 rings (SSSR count). The maximum Gasteiger partial charge on any atom is 0.0701 e. The summed E-state index contributed by atoms with van der Waals surface area (Å²) < 4.78 is 56.6. The summed E-state index contributed by atoms with van der Waals surface area (Å²) >= 11 is 0. The third-order valence-corrected chi connectivity index (χ3v) is 10.9. The van der Waals surface area contributed by atoms with Gasteiger partial charge < -0.3 is 47.4 Å². The summed E-state index contributed by atoms with van der Waals surface area (Å²) in [7, 11) is 0. The van der Waals surface area contributed by atoms with Crippen molar-refractivity contribution in [2.45, 2.75) is 128 Å². The minimum absolute atomic E-state index is 0.597. The highest BCUT2D eigenvalue weighted by Gasteiger charge is 2.08. The molecule has 58 heavy (non-hydrogen) atoms. The van der Waals surface area contributed by atoms with Gasteiger partial charge in [-0.3, -0.25) is 9.80 Å². The van der Waals surface area contributed by atoms with Gasteiger partial charge in [0, 0.05) is 26.2 Å². The van der Waals surface area contributed by atoms with E-state index in [1.807, 2.05) is 0 Å². The SMILES string of the molecule is C(CCCCCCCCCCCN1CCOCCOCCOCCOCCOCC1)CCCCCCCCCCN1CCOCCOCCOCCOCCOCC1. The van der Waals surface area contributed by atoms with E-state index >= 15 is 0 Å². The Morgan fingerprint density at radius 1 is 0.172 bits per heavy atom. The van der Waals surface area contributed by atoms with Crippen LogP contribution in [0.15, 0.2) is 0 Å². The molecule has 0 aromatic heterocycles. The molecule has 0 saturated carbocycles. The topological polar surface area (TPSA) is 98.8 Å². The van der Waals surface area contributed by atoms with E-state index in [1.54, 1.807) is 0 Å². The summed E-state index contributed by atoms with van der Waals surface area (Å²) in [6, 6.07) is 0. The Balaban J connectivity index is 1.32. The lowest BCUT2D eigenvalue weighted by molar-refractivity contribution is -0.0186. The second-order valence-corrected chi connectivity index (χ2v) is 15.9. The van der Waals surface area contributed by atoms with Gasteiger partial charge >= 0.3 is 0 Å². The molecule has 0 aromatic rings. The lowest BCUT2D eigenvalue weighted by Gasteiger charge is -2.22. The molecule has 0 unspecified atom stereocenters. The highest BCUT2D eigenvalue weighted by Crippen LogP contribution is 2.15. The maximum absolute atomic E-state index is 5.82. The van der Waals surface area contributed by atoms with Crippen molar-refractivity contribution < 1.29 is 47.4 Å². The van der Waals surface area contributed by atoms with Crippen LogP contribution >= 0.6 is 0 Å². The number of nitrogens with zero attached hydrogens (tertiary/aromatic N) is 2. The van der Waals surface area contributed by atoms with Crippen LogP contribution in [-0.2, 0) is 47.4 Å². The second kappa shape index (κ2) is 46.0. The van der Waals surface area contributed by atoms with E-state index in [0.717, 1.165) is 65.7 Å². The normalized spacial score (nSPS) is 20.5. The third kappa shape index (κ3) is 39.6. The van der Waals surface area contributed by atoms with Crippen LogP contribution in [0, 0.1) is 0 Å². The molecule has 12 nitrogen and oxygen atoms in total. The molecule has 0 bridgehead atoms. The van der Waals surface area contributed by atoms with Gasteiger partial charge in [0.05, 0.1) is 132 Å². The fraction of sp³-hybridized carbons (Fsp3) is 1.00. The van der Waals surface area contributed by atoms with Crippen molar-refractivity contribution in [3.63, 3.8) is 0 Å². The Hall–Kier alpha value is -0.480. The zero-order valence-corrected chi connectivity index (χ0v) is 37.5. The molecule has 0 N–H and O–H groups in total. The number of unbranched alkanes of at least 4 members (excludes halogenated alkanes) is 19. The quantitative estimate of drug-likeness (QED) is 0.0950. The summed E-state index contributed by atoms with van der Waals surface area (Å²) in [6.45, 7) is 18.8. The first-order valence-corrected chi connectivity index (χ1v) is 24.2. The molecule has 2 aliphatic rings. The lowest BCUT2D eigenvalue weighted by atomic mass is 10.0. The van der Waals surface area contributed by atoms with Crippen LogP contribution in [0.2, 0.25) is 0 Å². The van der Waals surface area contributed by atoms with E-state index in [2.05, 4.69) is 9.80 Å². The molecule has 0 aromatic carbocycles. The second-order valence-electron chi connectivity index (χ2n) is 15.9. The van der Waals surface area contributed by atoms with Gasteiger partial charge in [-0.25, -0.2) is 0 Å². The number of ether oxygens (including phenoxy) is 10. The van der Waals surface area contributed by atoms with Crippen LogP contribution in [0.5, 0.6) is 0 Å². The first kappa shape index (κ1) is 53.7. The minimum Gasteiger partial charge on any atom is -0.378 e. The average molecular weight is 833 g/mol. The van der Waals surface area contributed by atoms with Crippen molar-refractivity contribution in [2.75, 3.05) is 171 Å². The van der Waals surface area contributed by atoms with Crippen LogP contribution in [0.3, 0.4) is 0 Å². The molecular weight excluding hydrogens is 741 g/mol. The monoisotopic (exact) mass is 833 g/mol. The Labute approximate surface area is 356 Å². The molecule has 0 amide bonds. The summed E-state index contributed by atoms with van der Waals surface area (Å²) in [4.78, 5) is 4.99. The van der Waals surface area contributed by atoms with E-state index in [4.69, 9.17) is 47.4 Å². The van der Waals surface area contributed by atoms with E-state index in [-0.39, 0.29) is 0 Å². The predicted octanol–water partition coefficient (Wildman–Crippen LogP) is 7.59. The van der Waals surface area contributed by atoms with Crippen LogP contribution in [-0.4, -0.2) is 181 Å². The maximum atomic E-state index is 5.82. The molecule has 0 atom stereocenters. The van der Waals surface area contributed by atoms with Gasteiger partial charge in [-0.15, -0.1) is 0 Å². The molecule has 2 heterocycles. The Bertz CT molecular complexity index is 691. The van der Waals surface area contributed by atoms with Crippen molar-refractivity contribution >= 4 is 0 Å². The van der Waals surface area contributed by atoms with Crippen LogP contribution < -0.4 is 0 Å². The van der Waals surface area contributed by atoms with E-state index in [0.29, 0.717) is 106 Å². The minimum atomic E-state index is 0.597. The smallest absolute Gasteiger partial charge is 0.0701 e. The van der Waals surface area contributed by atoms with Crippen molar-refractivity contribution in [3.8, 4) is 0 Å². The Kier molecular flexibility index (Phi) is 42.6. The van der Waals surface area contributed by atoms with Gasteiger partial charge in [-0.1, -0.05) is 116 Å². The van der Waals surface area contributed by atoms with Gasteiger partial charge in [0.2, 0.25) is 0 Å². The summed E-state index contributed by atoms with van der Waals surface area (Å²) in [5.41, 5.74) is 0. The zero-order valence-electron chi connectivity index (χ0n) is 37.5. The van der Waals surface area contributed by atoms with Gasteiger partial charge in [0.1, 0.15) is 0 Å². The molecular formula is C46H92N2O10. The Morgan fingerprint density at radius 2 is 0.310 bits per heavy atom. The molecule has 346 valence electrons. The van der Waals surface area contributed by atoms with Crippen molar-refractivity contribution in [1.82, 2.24) is 9.80 Å². The largest absolute Gasteiger partial charge is 0.378 e. The fourth-order valence-corrected chi connectivity index (χ4v) is 7.26. The van der Waals surface area contributed by atoms with E-state index in [9.17, 15) is 0 Å². The summed E-state index contributed by atoms with van der Waals surface area (Å²) in [5, 5.41) is 0. The lowest BCUT2D eigenvalue weighted by Crippen LogP contribution is -2.32. The zero-order chi connectivity index (χ0) is 40.8. The van der Waals surface area contributed by atoms with Crippen molar-refractivity contribution in [1.29, 1.82) is 0 Å². The summed E-state index contributed by atoms with van der Waals surface area (Å²) in [6.07, 6.45) is 27.6. The molecule has 0 spiro atoms. The van der Waals surface area contributed by atoms with Gasteiger partial charge in [0.25, 0.3) is 0 Å². The molecule has 2 aliphatic heterocycles. The van der Waals surface area contributed by atoms with Crippen molar-refractivity contribution in [2.24, 2.45) is 0 Å². The number of rotatable bonds is 23. The molecule has 2 saturated heterocycles. The molecule has 0 radical (unpaired) electrons. The standard InChI is InChI=1S/C46H92N2O10/c1(3-5-7-9-11-13-15-17-19-21-47-23-27-49-31-35-53-39-43-57-44-40-54-36-32-50-28-24-47)2-4-6-8-10-12-14-16-18-20-22-48-25-29-51-33-37-55-41-45-58-46-42-56-38-34-52-30-26-48/h1-46H2. The van der Waals surface area contributed by atoms with Gasteiger partial charge in [-0.05, 0) is 25.9 Å². The van der Waals surface area contributed by atoms with E-state index in [1.165, 1.54) is 128 Å². The van der Waals surface area contributed by atoms with Crippen molar-refractivity contribution in [3.05, 3.63) is 0 Å². The number of hydrogen-bond acceptors (Lipinski definition) is 12. The Morgan fingerprint density at radius 3 is 0.483 bits per heavy atom. The first-order valence-electron chi connectivity index (χ1n) is 24.2. The molecule has 0 aliphatic carbocycles. The van der Waals surface area contributed by atoms with Crippen LogP contribution in [0.1, 0.15) is 128 Å². The highest BCUT2D eigenvalue weighted by atomic mass is 16.6. The van der Waals surface area contributed by atoms with E-state index < -0.39 is 0 Å². The predicted molar refractivity (Wildman–Crippen MR) is 233 cm³/mol.